The van der Waals surface area contributed by atoms with Gasteiger partial charge in [0.25, 0.3) is 5.91 Å². The van der Waals surface area contributed by atoms with Crippen molar-refractivity contribution >= 4 is 51.1 Å². The lowest BCUT2D eigenvalue weighted by atomic mass is 9.98. The standard InChI is InChI=1S/C30H29ClIN3O/c1-21(26-8-4-6-24-5-2-3-7-27(24)26)33-30(36)28-19-25(13-14-29(28)31)23-11-9-22(10-12-23)20-34-15-17-35(32)18-16-34/h2-14,19,21H,15-18,20H2,1H3,(H,33,36)/t21-/m1/s1. The third-order valence-electron chi connectivity index (χ3n) is 6.86. The molecule has 4 aromatic rings. The number of carbonyl (C=O) groups is 1. The minimum atomic E-state index is -0.173. The van der Waals surface area contributed by atoms with E-state index in [2.05, 4.69) is 84.7 Å². The lowest BCUT2D eigenvalue weighted by Crippen LogP contribution is -2.41. The first-order valence-electron chi connectivity index (χ1n) is 12.3. The fourth-order valence-electron chi connectivity index (χ4n) is 4.80. The molecule has 0 aromatic heterocycles. The van der Waals surface area contributed by atoms with E-state index in [1.807, 2.05) is 43.3 Å². The summed E-state index contributed by atoms with van der Waals surface area (Å²) >= 11 is 8.88. The van der Waals surface area contributed by atoms with Crippen molar-refractivity contribution in [3.63, 3.8) is 0 Å². The number of carbonyl (C=O) groups excluding carboxylic acids is 1. The molecule has 1 atom stereocenters. The van der Waals surface area contributed by atoms with Crippen LogP contribution in [0.2, 0.25) is 5.02 Å². The molecular formula is C30H29ClIN3O. The Bertz CT molecular complexity index is 1360. The van der Waals surface area contributed by atoms with Crippen LogP contribution < -0.4 is 5.32 Å². The van der Waals surface area contributed by atoms with Gasteiger partial charge in [0.2, 0.25) is 0 Å². The predicted octanol–water partition coefficient (Wildman–Crippen LogP) is 7.12. The van der Waals surface area contributed by atoms with Gasteiger partial charge in [-0.1, -0.05) is 84.4 Å². The van der Waals surface area contributed by atoms with Gasteiger partial charge in [-0.25, -0.2) is 3.11 Å². The van der Waals surface area contributed by atoms with E-state index in [1.165, 1.54) is 5.56 Å². The number of amides is 1. The summed E-state index contributed by atoms with van der Waals surface area (Å²) in [6, 6.07) is 28.6. The first kappa shape index (κ1) is 25.2. The van der Waals surface area contributed by atoms with Gasteiger partial charge in [-0.05, 0) is 52.1 Å². The quantitative estimate of drug-likeness (QED) is 0.187. The summed E-state index contributed by atoms with van der Waals surface area (Å²) in [6.45, 7) is 7.37. The van der Waals surface area contributed by atoms with Crippen molar-refractivity contribution in [2.75, 3.05) is 26.2 Å². The number of nitrogens with one attached hydrogen (secondary N) is 1. The number of hydrogen-bond donors (Lipinski definition) is 1. The Morgan fingerprint density at radius 1 is 0.917 bits per heavy atom. The zero-order valence-electron chi connectivity index (χ0n) is 20.3. The SMILES string of the molecule is C[C@@H](NC(=O)c1cc(-c2ccc(CN3CCN(I)CC3)cc2)ccc1Cl)c1cccc2ccccc12. The average Bonchev–Trinajstić information content (AvgIpc) is 2.90. The zero-order chi connectivity index (χ0) is 25.1. The number of fused-ring (bicyclic) bond motifs is 1. The number of piperazine rings is 1. The van der Waals surface area contributed by atoms with Crippen molar-refractivity contribution in [2.24, 2.45) is 0 Å². The monoisotopic (exact) mass is 609 g/mol. The van der Waals surface area contributed by atoms with Gasteiger partial charge in [-0.2, -0.15) is 0 Å². The van der Waals surface area contributed by atoms with Gasteiger partial charge in [0.15, 0.2) is 0 Å². The minimum Gasteiger partial charge on any atom is -0.345 e. The van der Waals surface area contributed by atoms with E-state index < -0.39 is 0 Å². The van der Waals surface area contributed by atoms with Gasteiger partial charge < -0.3 is 5.32 Å². The van der Waals surface area contributed by atoms with Crippen molar-refractivity contribution < 1.29 is 4.79 Å². The van der Waals surface area contributed by atoms with Crippen LogP contribution in [-0.2, 0) is 6.54 Å². The fraction of sp³-hybridized carbons (Fsp3) is 0.233. The fourth-order valence-corrected chi connectivity index (χ4v) is 5.44. The third-order valence-corrected chi connectivity index (χ3v) is 8.15. The minimum absolute atomic E-state index is 0.156. The molecule has 0 bridgehead atoms. The molecule has 0 radical (unpaired) electrons. The summed E-state index contributed by atoms with van der Waals surface area (Å²) in [5, 5.41) is 5.90. The van der Waals surface area contributed by atoms with E-state index in [1.54, 1.807) is 0 Å². The average molecular weight is 610 g/mol. The molecule has 36 heavy (non-hydrogen) atoms. The molecule has 1 saturated heterocycles. The van der Waals surface area contributed by atoms with Crippen molar-refractivity contribution in [3.8, 4) is 11.1 Å². The number of hydrogen-bond acceptors (Lipinski definition) is 3. The molecule has 1 aliphatic rings. The smallest absolute Gasteiger partial charge is 0.253 e. The molecule has 1 heterocycles. The zero-order valence-corrected chi connectivity index (χ0v) is 23.2. The van der Waals surface area contributed by atoms with Crippen LogP contribution in [0.15, 0.2) is 84.9 Å². The molecule has 1 N–H and O–H groups in total. The molecule has 0 spiro atoms. The number of halogens is 2. The van der Waals surface area contributed by atoms with Crippen LogP contribution in [-0.4, -0.2) is 40.1 Å². The molecule has 1 aliphatic heterocycles. The molecule has 5 rings (SSSR count). The van der Waals surface area contributed by atoms with Gasteiger partial charge in [0.1, 0.15) is 0 Å². The molecule has 0 saturated carbocycles. The Kier molecular flexibility index (Phi) is 7.91. The van der Waals surface area contributed by atoms with E-state index in [0.29, 0.717) is 10.6 Å². The van der Waals surface area contributed by atoms with Crippen molar-refractivity contribution in [3.05, 3.63) is 107 Å². The summed E-state index contributed by atoms with van der Waals surface area (Å²) in [7, 11) is 0. The second kappa shape index (κ2) is 11.3. The maximum atomic E-state index is 13.3. The highest BCUT2D eigenvalue weighted by Gasteiger charge is 2.18. The second-order valence-corrected chi connectivity index (χ2v) is 11.1. The third kappa shape index (κ3) is 5.75. The summed E-state index contributed by atoms with van der Waals surface area (Å²) in [5.41, 5.74) is 4.93. The van der Waals surface area contributed by atoms with E-state index in [4.69, 9.17) is 11.6 Å². The lowest BCUT2D eigenvalue weighted by molar-refractivity contribution is 0.0940. The Balaban J connectivity index is 1.31. The van der Waals surface area contributed by atoms with Gasteiger partial charge >= 0.3 is 0 Å². The van der Waals surface area contributed by atoms with Crippen molar-refractivity contribution in [1.29, 1.82) is 0 Å². The van der Waals surface area contributed by atoms with Crippen LogP contribution in [0.4, 0.5) is 0 Å². The Labute approximate surface area is 231 Å². The number of benzene rings is 4. The van der Waals surface area contributed by atoms with E-state index in [9.17, 15) is 4.79 Å². The van der Waals surface area contributed by atoms with Crippen LogP contribution in [0.3, 0.4) is 0 Å². The number of nitrogens with zero attached hydrogens (tertiary/aromatic N) is 2. The largest absolute Gasteiger partial charge is 0.345 e. The van der Waals surface area contributed by atoms with Gasteiger partial charge in [0.05, 0.1) is 16.6 Å². The lowest BCUT2D eigenvalue weighted by Gasteiger charge is -2.31. The van der Waals surface area contributed by atoms with Gasteiger partial charge in [-0.3, -0.25) is 9.69 Å². The Hall–Kier alpha value is -2.45. The van der Waals surface area contributed by atoms with E-state index in [-0.39, 0.29) is 11.9 Å². The molecule has 184 valence electrons. The number of rotatable bonds is 6. The maximum absolute atomic E-state index is 13.3. The van der Waals surface area contributed by atoms with Crippen LogP contribution in [0.1, 0.15) is 34.5 Å². The first-order chi connectivity index (χ1) is 17.5. The summed E-state index contributed by atoms with van der Waals surface area (Å²) < 4.78 is 2.34. The highest BCUT2D eigenvalue weighted by atomic mass is 127. The van der Waals surface area contributed by atoms with Crippen molar-refractivity contribution in [1.82, 2.24) is 13.3 Å². The topological polar surface area (TPSA) is 35.6 Å². The second-order valence-electron chi connectivity index (χ2n) is 9.34. The van der Waals surface area contributed by atoms with Crippen LogP contribution in [0.5, 0.6) is 0 Å². The molecule has 0 aliphatic carbocycles. The molecule has 0 unspecified atom stereocenters. The molecule has 1 amide bonds. The van der Waals surface area contributed by atoms with E-state index >= 15 is 0 Å². The summed E-state index contributed by atoms with van der Waals surface area (Å²) in [6.07, 6.45) is 0. The molecule has 4 nitrogen and oxygen atoms in total. The Morgan fingerprint density at radius 3 is 2.39 bits per heavy atom. The summed E-state index contributed by atoms with van der Waals surface area (Å²) in [5.74, 6) is -0.173. The van der Waals surface area contributed by atoms with Crippen molar-refractivity contribution in [2.45, 2.75) is 19.5 Å². The highest BCUT2D eigenvalue weighted by Crippen LogP contribution is 2.28. The maximum Gasteiger partial charge on any atom is 0.253 e. The molecule has 4 aromatic carbocycles. The predicted molar refractivity (Wildman–Crippen MR) is 158 cm³/mol. The molecule has 1 fully saturated rings. The summed E-state index contributed by atoms with van der Waals surface area (Å²) in [4.78, 5) is 15.8. The highest BCUT2D eigenvalue weighted by molar-refractivity contribution is 14.1. The molecule has 6 heteroatoms. The van der Waals surface area contributed by atoms with Crippen LogP contribution in [0, 0.1) is 0 Å². The van der Waals surface area contributed by atoms with Gasteiger partial charge in [-0.15, -0.1) is 0 Å². The normalized spacial score (nSPS) is 15.6. The van der Waals surface area contributed by atoms with Crippen LogP contribution >= 0.6 is 34.5 Å². The Morgan fingerprint density at radius 2 is 1.61 bits per heavy atom. The first-order valence-corrected chi connectivity index (χ1v) is 13.6. The van der Waals surface area contributed by atoms with Gasteiger partial charge in [0, 0.05) is 55.6 Å². The van der Waals surface area contributed by atoms with Crippen LogP contribution in [0.25, 0.3) is 21.9 Å². The molecular weight excluding hydrogens is 581 g/mol. The van der Waals surface area contributed by atoms with E-state index in [0.717, 1.165) is 60.2 Å².